The second-order valence-corrected chi connectivity index (χ2v) is 4.90. The molecule has 0 aliphatic carbocycles. The second-order valence-electron chi connectivity index (χ2n) is 2.82. The number of carbonyl (C=O) groups is 1. The van der Waals surface area contributed by atoms with Gasteiger partial charge in [0.2, 0.25) is 0 Å². The number of alkyl halides is 1. The predicted octanol–water partition coefficient (Wildman–Crippen LogP) is 3.19. The fourth-order valence-electron chi connectivity index (χ4n) is 1.02. The number of hydrogen-bond donors (Lipinski definition) is 0. The second kappa shape index (κ2) is 4.89. The van der Waals surface area contributed by atoms with Crippen LogP contribution in [0.4, 0.5) is 0 Å². The molecule has 0 bridgehead atoms. The molecule has 0 saturated heterocycles. The highest BCUT2D eigenvalue weighted by Crippen LogP contribution is 2.28. The van der Waals surface area contributed by atoms with Crippen LogP contribution in [0.25, 0.3) is 0 Å². The highest BCUT2D eigenvalue weighted by Gasteiger charge is 2.15. The third-order valence-corrected chi connectivity index (χ3v) is 3.83. The van der Waals surface area contributed by atoms with Crippen LogP contribution in [0.15, 0.2) is 18.2 Å². The predicted molar refractivity (Wildman–Crippen MR) is 66.2 cm³/mol. The fraction of sp³-hybridized carbons (Fsp3) is 0.200. The first kappa shape index (κ1) is 11.7. The SMILES string of the molecule is CC(=O)C(Br)c1ccc(C#N)cc1I. The van der Waals surface area contributed by atoms with Crippen LogP contribution in [0, 0.1) is 14.9 Å². The van der Waals surface area contributed by atoms with E-state index in [2.05, 4.69) is 44.6 Å². The Bertz CT molecular complexity index is 411. The van der Waals surface area contributed by atoms with E-state index < -0.39 is 0 Å². The van der Waals surface area contributed by atoms with E-state index in [0.717, 1.165) is 9.13 Å². The fourth-order valence-corrected chi connectivity index (χ4v) is 2.68. The molecule has 1 unspecified atom stereocenters. The molecule has 0 heterocycles. The number of nitriles is 1. The van der Waals surface area contributed by atoms with Crippen LogP contribution >= 0.6 is 38.5 Å². The number of ketones is 1. The molecule has 0 radical (unpaired) electrons. The molecule has 1 atom stereocenters. The summed E-state index contributed by atoms with van der Waals surface area (Å²) in [7, 11) is 0. The summed E-state index contributed by atoms with van der Waals surface area (Å²) < 4.78 is 0.929. The van der Waals surface area contributed by atoms with Crippen molar-refractivity contribution in [2.24, 2.45) is 0 Å². The summed E-state index contributed by atoms with van der Waals surface area (Å²) in [5, 5.41) is 8.67. The molecular formula is C10H7BrINO. The van der Waals surface area contributed by atoms with Crippen molar-refractivity contribution in [3.05, 3.63) is 32.9 Å². The van der Waals surface area contributed by atoms with Crippen LogP contribution in [0.3, 0.4) is 0 Å². The number of rotatable bonds is 2. The summed E-state index contributed by atoms with van der Waals surface area (Å²) >= 11 is 5.43. The maximum absolute atomic E-state index is 11.1. The van der Waals surface area contributed by atoms with Crippen LogP contribution in [-0.2, 0) is 4.79 Å². The molecule has 0 N–H and O–H groups in total. The van der Waals surface area contributed by atoms with Gasteiger partial charge in [-0.25, -0.2) is 0 Å². The van der Waals surface area contributed by atoms with E-state index in [1.54, 1.807) is 18.2 Å². The van der Waals surface area contributed by atoms with Crippen molar-refractivity contribution >= 4 is 44.3 Å². The molecule has 1 aromatic rings. The molecule has 14 heavy (non-hydrogen) atoms. The lowest BCUT2D eigenvalue weighted by Gasteiger charge is -2.08. The molecule has 0 fully saturated rings. The first-order valence-electron chi connectivity index (χ1n) is 3.90. The summed E-state index contributed by atoms with van der Waals surface area (Å²) in [5.74, 6) is 0.0626. The molecule has 1 rings (SSSR count). The largest absolute Gasteiger partial charge is 0.298 e. The molecule has 0 spiro atoms. The Balaban J connectivity index is 3.13. The maximum Gasteiger partial charge on any atom is 0.147 e. The van der Waals surface area contributed by atoms with Crippen molar-refractivity contribution in [1.82, 2.24) is 0 Å². The molecule has 72 valence electrons. The monoisotopic (exact) mass is 363 g/mol. The lowest BCUT2D eigenvalue weighted by Crippen LogP contribution is -2.03. The number of benzene rings is 1. The Morgan fingerprint density at radius 1 is 1.64 bits per heavy atom. The average Bonchev–Trinajstić information content (AvgIpc) is 2.16. The van der Waals surface area contributed by atoms with E-state index in [4.69, 9.17) is 5.26 Å². The van der Waals surface area contributed by atoms with Crippen LogP contribution in [0.2, 0.25) is 0 Å². The molecule has 0 aliphatic heterocycles. The van der Waals surface area contributed by atoms with Gasteiger partial charge in [-0.15, -0.1) is 0 Å². The van der Waals surface area contributed by atoms with Crippen molar-refractivity contribution < 1.29 is 4.79 Å². The number of Topliss-reactive ketones (excluding diaryl/α,β-unsaturated/α-hetero) is 1. The van der Waals surface area contributed by atoms with Gasteiger partial charge in [0.1, 0.15) is 5.78 Å². The van der Waals surface area contributed by atoms with Crippen LogP contribution in [0.5, 0.6) is 0 Å². The Labute approximate surface area is 105 Å². The molecular weight excluding hydrogens is 357 g/mol. The average molecular weight is 364 g/mol. The van der Waals surface area contributed by atoms with Gasteiger partial charge in [0.05, 0.1) is 16.5 Å². The summed E-state index contributed by atoms with van der Waals surface area (Å²) in [6.45, 7) is 1.54. The maximum atomic E-state index is 11.1. The van der Waals surface area contributed by atoms with Gasteiger partial charge in [0, 0.05) is 3.57 Å². The first-order valence-corrected chi connectivity index (χ1v) is 5.89. The molecule has 0 aromatic heterocycles. The van der Waals surface area contributed by atoms with E-state index in [0.29, 0.717) is 5.56 Å². The summed E-state index contributed by atoms with van der Waals surface area (Å²) in [6.07, 6.45) is 0. The van der Waals surface area contributed by atoms with Crippen molar-refractivity contribution in [1.29, 1.82) is 5.26 Å². The molecule has 1 aromatic carbocycles. The van der Waals surface area contributed by atoms with Gasteiger partial charge in [0.25, 0.3) is 0 Å². The first-order chi connectivity index (χ1) is 6.56. The quantitative estimate of drug-likeness (QED) is 0.598. The molecule has 0 aliphatic rings. The topological polar surface area (TPSA) is 40.9 Å². The van der Waals surface area contributed by atoms with Gasteiger partial charge in [-0.3, -0.25) is 4.79 Å². The van der Waals surface area contributed by atoms with Gasteiger partial charge in [-0.05, 0) is 47.2 Å². The summed E-state index contributed by atoms with van der Waals surface area (Å²) in [4.78, 5) is 10.9. The van der Waals surface area contributed by atoms with E-state index in [1.807, 2.05) is 0 Å². The minimum atomic E-state index is -0.276. The van der Waals surface area contributed by atoms with Crippen LogP contribution in [-0.4, -0.2) is 5.78 Å². The number of carbonyl (C=O) groups excluding carboxylic acids is 1. The third kappa shape index (κ3) is 2.55. The number of nitrogens with zero attached hydrogens (tertiary/aromatic N) is 1. The van der Waals surface area contributed by atoms with Crippen LogP contribution < -0.4 is 0 Å². The third-order valence-electron chi connectivity index (χ3n) is 1.76. The van der Waals surface area contributed by atoms with Crippen molar-refractivity contribution in [3.63, 3.8) is 0 Å². The van der Waals surface area contributed by atoms with Gasteiger partial charge < -0.3 is 0 Å². The lowest BCUT2D eigenvalue weighted by atomic mass is 10.1. The van der Waals surface area contributed by atoms with Gasteiger partial charge in [0.15, 0.2) is 0 Å². The van der Waals surface area contributed by atoms with Crippen molar-refractivity contribution in [2.45, 2.75) is 11.8 Å². The zero-order valence-corrected chi connectivity index (χ0v) is 11.2. The van der Waals surface area contributed by atoms with Gasteiger partial charge in [-0.1, -0.05) is 22.0 Å². The lowest BCUT2D eigenvalue weighted by molar-refractivity contribution is -0.116. The van der Waals surface area contributed by atoms with Gasteiger partial charge >= 0.3 is 0 Å². The zero-order chi connectivity index (χ0) is 10.7. The highest BCUT2D eigenvalue weighted by atomic mass is 127. The molecule has 2 nitrogen and oxygen atoms in total. The minimum absolute atomic E-state index is 0.0626. The van der Waals surface area contributed by atoms with E-state index in [9.17, 15) is 4.79 Å². The molecule has 0 saturated carbocycles. The molecule has 4 heteroatoms. The smallest absolute Gasteiger partial charge is 0.147 e. The molecule has 0 amide bonds. The Morgan fingerprint density at radius 3 is 2.71 bits per heavy atom. The Morgan fingerprint density at radius 2 is 2.29 bits per heavy atom. The normalized spacial score (nSPS) is 11.9. The van der Waals surface area contributed by atoms with E-state index in [1.165, 1.54) is 6.92 Å². The standard InChI is InChI=1S/C10H7BrINO/c1-6(14)10(11)8-3-2-7(5-13)4-9(8)12/h2-4,10H,1H3. The van der Waals surface area contributed by atoms with Crippen molar-refractivity contribution in [3.8, 4) is 6.07 Å². The Kier molecular flexibility index (Phi) is 4.08. The number of hydrogen-bond acceptors (Lipinski definition) is 2. The van der Waals surface area contributed by atoms with Crippen molar-refractivity contribution in [2.75, 3.05) is 0 Å². The van der Waals surface area contributed by atoms with E-state index >= 15 is 0 Å². The zero-order valence-electron chi connectivity index (χ0n) is 7.42. The highest BCUT2D eigenvalue weighted by molar-refractivity contribution is 14.1. The van der Waals surface area contributed by atoms with E-state index in [-0.39, 0.29) is 10.6 Å². The summed E-state index contributed by atoms with van der Waals surface area (Å²) in [5.41, 5.74) is 1.53. The minimum Gasteiger partial charge on any atom is -0.298 e. The Hall–Kier alpha value is -0.410. The number of halogens is 2. The van der Waals surface area contributed by atoms with Gasteiger partial charge in [-0.2, -0.15) is 5.26 Å². The van der Waals surface area contributed by atoms with Crippen LogP contribution in [0.1, 0.15) is 22.9 Å². The summed E-state index contributed by atoms with van der Waals surface area (Å²) in [6, 6.07) is 7.35.